The van der Waals surface area contributed by atoms with E-state index in [4.69, 9.17) is 0 Å². The van der Waals surface area contributed by atoms with Gasteiger partial charge >= 0.3 is 0 Å². The van der Waals surface area contributed by atoms with Crippen LogP contribution in [-0.2, 0) is 0 Å². The van der Waals surface area contributed by atoms with Gasteiger partial charge in [-0.3, -0.25) is 4.99 Å². The first kappa shape index (κ1) is 13.7. The molecule has 0 atom stereocenters. The van der Waals surface area contributed by atoms with E-state index in [1.54, 1.807) is 0 Å². The first-order valence-electron chi connectivity index (χ1n) is 6.31. The second-order valence-corrected chi connectivity index (χ2v) is 6.09. The molecular formula is C13H26N2O. The Morgan fingerprint density at radius 1 is 1.19 bits per heavy atom. The number of hydrogen-bond acceptors (Lipinski definition) is 3. The van der Waals surface area contributed by atoms with E-state index in [9.17, 15) is 5.21 Å². The maximum absolute atomic E-state index is 10.1. The summed E-state index contributed by atoms with van der Waals surface area (Å²) < 4.78 is 0. The van der Waals surface area contributed by atoms with Crippen LogP contribution >= 0.6 is 0 Å². The molecule has 1 fully saturated rings. The molecule has 0 saturated carbocycles. The summed E-state index contributed by atoms with van der Waals surface area (Å²) in [4.78, 5) is 4.68. The summed E-state index contributed by atoms with van der Waals surface area (Å²) >= 11 is 0. The van der Waals surface area contributed by atoms with E-state index in [-0.39, 0.29) is 11.1 Å². The molecule has 0 spiro atoms. The van der Waals surface area contributed by atoms with E-state index >= 15 is 0 Å². The van der Waals surface area contributed by atoms with Crippen molar-refractivity contribution in [1.29, 1.82) is 0 Å². The molecule has 3 heteroatoms. The molecule has 1 aliphatic rings. The average molecular weight is 226 g/mol. The molecular weight excluding hydrogens is 200 g/mol. The van der Waals surface area contributed by atoms with Gasteiger partial charge in [-0.25, -0.2) is 0 Å². The first-order valence-corrected chi connectivity index (χ1v) is 6.31. The van der Waals surface area contributed by atoms with Crippen molar-refractivity contribution in [2.45, 2.75) is 71.4 Å². The van der Waals surface area contributed by atoms with Crippen LogP contribution in [-0.4, -0.2) is 33.6 Å². The fraction of sp³-hybridized carbons (Fsp3) is 0.923. The Kier molecular flexibility index (Phi) is 4.13. The van der Waals surface area contributed by atoms with Crippen molar-refractivity contribution in [3.8, 4) is 0 Å². The highest BCUT2D eigenvalue weighted by molar-refractivity contribution is 5.87. The number of unbranched alkanes of at least 4 members (excludes halogenated alkanes) is 1. The fourth-order valence-corrected chi connectivity index (χ4v) is 2.54. The zero-order valence-corrected chi connectivity index (χ0v) is 11.4. The lowest BCUT2D eigenvalue weighted by Crippen LogP contribution is -2.59. The highest BCUT2D eigenvalue weighted by atomic mass is 16.5. The van der Waals surface area contributed by atoms with Gasteiger partial charge in [-0.2, -0.15) is 5.06 Å². The SMILES string of the molecule is CCCCN=C1CC(C)(C)N(O)C(C)(C)C1. The van der Waals surface area contributed by atoms with Crippen LogP contribution in [0.1, 0.15) is 60.3 Å². The van der Waals surface area contributed by atoms with Gasteiger partial charge in [0.1, 0.15) is 0 Å². The molecule has 1 rings (SSSR count). The van der Waals surface area contributed by atoms with Crippen molar-refractivity contribution in [1.82, 2.24) is 5.06 Å². The standard InChI is InChI=1S/C13H26N2O/c1-6-7-8-14-11-9-12(2,3)15(16)13(4,5)10-11/h16H,6-10H2,1-5H3. The molecule has 0 amide bonds. The Bertz CT molecular complexity index is 249. The van der Waals surface area contributed by atoms with Crippen LogP contribution in [0.2, 0.25) is 0 Å². The third kappa shape index (κ3) is 3.05. The van der Waals surface area contributed by atoms with Crippen LogP contribution in [0.5, 0.6) is 0 Å². The Labute approximate surface area is 99.5 Å². The van der Waals surface area contributed by atoms with Crippen molar-refractivity contribution in [3.05, 3.63) is 0 Å². The monoisotopic (exact) mass is 226 g/mol. The largest absolute Gasteiger partial charge is 0.313 e. The van der Waals surface area contributed by atoms with Crippen LogP contribution in [0.3, 0.4) is 0 Å². The number of piperidine rings is 1. The van der Waals surface area contributed by atoms with Gasteiger partial charge in [0, 0.05) is 36.2 Å². The zero-order chi connectivity index (χ0) is 12.4. The highest BCUT2D eigenvalue weighted by Gasteiger charge is 2.43. The van der Waals surface area contributed by atoms with Gasteiger partial charge in [0.25, 0.3) is 0 Å². The summed E-state index contributed by atoms with van der Waals surface area (Å²) in [6.45, 7) is 11.4. The average Bonchev–Trinajstić information content (AvgIpc) is 2.14. The second-order valence-electron chi connectivity index (χ2n) is 6.09. The Balaban J connectivity index is 2.74. The number of aliphatic imine (C=N–C) groups is 1. The molecule has 16 heavy (non-hydrogen) atoms. The van der Waals surface area contributed by atoms with Crippen LogP contribution < -0.4 is 0 Å². The number of hydroxylamine groups is 2. The molecule has 1 N–H and O–H groups in total. The molecule has 1 saturated heterocycles. The minimum Gasteiger partial charge on any atom is -0.313 e. The molecule has 0 bridgehead atoms. The van der Waals surface area contributed by atoms with Gasteiger partial charge in [0.2, 0.25) is 0 Å². The molecule has 0 aromatic heterocycles. The summed E-state index contributed by atoms with van der Waals surface area (Å²) in [7, 11) is 0. The number of nitrogens with zero attached hydrogens (tertiary/aromatic N) is 2. The molecule has 94 valence electrons. The Hall–Kier alpha value is -0.410. The van der Waals surface area contributed by atoms with Crippen LogP contribution in [0, 0.1) is 0 Å². The molecule has 0 unspecified atom stereocenters. The van der Waals surface area contributed by atoms with Crippen molar-refractivity contribution in [3.63, 3.8) is 0 Å². The van der Waals surface area contributed by atoms with Crippen LogP contribution in [0.15, 0.2) is 4.99 Å². The smallest absolute Gasteiger partial charge is 0.0462 e. The summed E-state index contributed by atoms with van der Waals surface area (Å²) in [6.07, 6.45) is 4.09. The lowest BCUT2D eigenvalue weighted by molar-refractivity contribution is -0.226. The van der Waals surface area contributed by atoms with Gasteiger partial charge < -0.3 is 5.21 Å². The zero-order valence-electron chi connectivity index (χ0n) is 11.4. The Morgan fingerprint density at radius 3 is 2.12 bits per heavy atom. The summed E-state index contributed by atoms with van der Waals surface area (Å²) in [5.41, 5.74) is 0.855. The highest BCUT2D eigenvalue weighted by Crippen LogP contribution is 2.35. The van der Waals surface area contributed by atoms with E-state index in [2.05, 4.69) is 39.6 Å². The summed E-state index contributed by atoms with van der Waals surface area (Å²) in [5.74, 6) is 0. The van der Waals surface area contributed by atoms with Gasteiger partial charge in [-0.05, 0) is 34.1 Å². The predicted molar refractivity (Wildman–Crippen MR) is 68.2 cm³/mol. The molecule has 0 aromatic rings. The number of hydrogen-bond donors (Lipinski definition) is 1. The fourth-order valence-electron chi connectivity index (χ4n) is 2.54. The maximum atomic E-state index is 10.1. The normalized spacial score (nSPS) is 24.5. The van der Waals surface area contributed by atoms with Crippen LogP contribution in [0.4, 0.5) is 0 Å². The van der Waals surface area contributed by atoms with E-state index in [1.807, 2.05) is 0 Å². The van der Waals surface area contributed by atoms with Crippen molar-refractivity contribution in [2.24, 2.45) is 4.99 Å². The maximum Gasteiger partial charge on any atom is 0.0462 e. The van der Waals surface area contributed by atoms with Gasteiger partial charge in [0.15, 0.2) is 0 Å². The molecule has 1 heterocycles. The molecule has 0 aliphatic carbocycles. The lowest BCUT2D eigenvalue weighted by atomic mass is 9.81. The van der Waals surface area contributed by atoms with Crippen molar-refractivity contribution >= 4 is 5.71 Å². The molecule has 1 aliphatic heterocycles. The van der Waals surface area contributed by atoms with E-state index in [1.165, 1.54) is 17.2 Å². The lowest BCUT2D eigenvalue weighted by Gasteiger charge is -2.48. The predicted octanol–water partition coefficient (Wildman–Crippen LogP) is 3.27. The van der Waals surface area contributed by atoms with Crippen molar-refractivity contribution in [2.75, 3.05) is 6.54 Å². The second kappa shape index (κ2) is 4.84. The van der Waals surface area contributed by atoms with E-state index in [0.29, 0.717) is 0 Å². The summed E-state index contributed by atoms with van der Waals surface area (Å²) in [5, 5.41) is 11.6. The van der Waals surface area contributed by atoms with Crippen LogP contribution in [0.25, 0.3) is 0 Å². The van der Waals surface area contributed by atoms with E-state index in [0.717, 1.165) is 25.8 Å². The summed E-state index contributed by atoms with van der Waals surface area (Å²) in [6, 6.07) is 0. The third-order valence-corrected chi connectivity index (χ3v) is 3.27. The van der Waals surface area contributed by atoms with E-state index < -0.39 is 0 Å². The minimum atomic E-state index is -0.202. The molecule has 0 radical (unpaired) electrons. The minimum absolute atomic E-state index is 0.202. The first-order chi connectivity index (χ1) is 7.29. The topological polar surface area (TPSA) is 35.8 Å². The van der Waals surface area contributed by atoms with Gasteiger partial charge in [-0.15, -0.1) is 0 Å². The third-order valence-electron chi connectivity index (χ3n) is 3.27. The van der Waals surface area contributed by atoms with Crippen molar-refractivity contribution < 1.29 is 5.21 Å². The van der Waals surface area contributed by atoms with Gasteiger partial charge in [0.05, 0.1) is 0 Å². The van der Waals surface area contributed by atoms with Gasteiger partial charge in [-0.1, -0.05) is 13.3 Å². The molecule has 0 aromatic carbocycles. The Morgan fingerprint density at radius 2 is 1.69 bits per heavy atom. The number of rotatable bonds is 3. The quantitative estimate of drug-likeness (QED) is 0.750. The molecule has 3 nitrogen and oxygen atoms in total.